The van der Waals surface area contributed by atoms with Crippen LogP contribution in [0.2, 0.25) is 0 Å². The number of rotatable bonds is 2. The third-order valence-corrected chi connectivity index (χ3v) is 8.41. The van der Waals surface area contributed by atoms with Crippen LogP contribution in [0.15, 0.2) is 138 Å². The lowest BCUT2D eigenvalue weighted by atomic mass is 9.93. The van der Waals surface area contributed by atoms with Crippen molar-refractivity contribution in [1.29, 1.82) is 0 Å². The smallest absolute Gasteiger partial charge is 0.135 e. The van der Waals surface area contributed by atoms with Gasteiger partial charge >= 0.3 is 0 Å². The topological polar surface area (TPSA) is 13.1 Å². The minimum atomic E-state index is 0.919. The van der Waals surface area contributed by atoms with Gasteiger partial charge in [0.25, 0.3) is 0 Å². The van der Waals surface area contributed by atoms with E-state index in [2.05, 4.69) is 133 Å². The summed E-state index contributed by atoms with van der Waals surface area (Å²) in [4.78, 5) is 0. The van der Waals surface area contributed by atoms with Crippen molar-refractivity contribution >= 4 is 43.5 Å². The Hall–Kier alpha value is -5.14. The number of furan rings is 1. The van der Waals surface area contributed by atoms with E-state index in [0.717, 1.165) is 21.9 Å². The molecule has 1 aromatic heterocycles. The van der Waals surface area contributed by atoms with Gasteiger partial charge in [0.2, 0.25) is 0 Å². The van der Waals surface area contributed by atoms with Crippen molar-refractivity contribution < 1.29 is 4.42 Å². The van der Waals surface area contributed by atoms with Gasteiger partial charge in [-0.25, -0.2) is 0 Å². The lowest BCUT2D eigenvalue weighted by molar-refractivity contribution is 0.669. The number of fused-ring (bicyclic) bond motifs is 7. The van der Waals surface area contributed by atoms with E-state index in [1.807, 2.05) is 0 Å². The molecule has 0 atom stereocenters. The van der Waals surface area contributed by atoms with Gasteiger partial charge in [-0.05, 0) is 96.4 Å². The molecule has 0 saturated carbocycles. The first kappa shape index (κ1) is 20.9. The Balaban J connectivity index is 1.23. The third kappa shape index (κ3) is 2.96. The maximum absolute atomic E-state index is 6.28. The average molecular weight is 495 g/mol. The molecule has 1 heterocycles. The predicted molar refractivity (Wildman–Crippen MR) is 164 cm³/mol. The Kier molecular flexibility index (Phi) is 4.11. The summed E-state index contributed by atoms with van der Waals surface area (Å²) in [5.74, 6) is 0. The summed E-state index contributed by atoms with van der Waals surface area (Å²) in [6, 6.07) is 48.4. The molecule has 9 rings (SSSR count). The second kappa shape index (κ2) is 7.69. The molecular formula is C38H22O. The second-order valence-electron chi connectivity index (χ2n) is 10.5. The first-order chi connectivity index (χ1) is 19.3. The lowest BCUT2D eigenvalue weighted by Gasteiger charge is -2.10. The molecule has 0 bridgehead atoms. The van der Waals surface area contributed by atoms with Gasteiger partial charge in [0, 0.05) is 10.8 Å². The van der Waals surface area contributed by atoms with E-state index in [4.69, 9.17) is 4.42 Å². The quantitative estimate of drug-likeness (QED) is 0.233. The molecule has 1 heteroatoms. The normalized spacial score (nSPS) is 12.1. The van der Waals surface area contributed by atoms with E-state index in [1.54, 1.807) is 0 Å². The third-order valence-electron chi connectivity index (χ3n) is 8.41. The maximum atomic E-state index is 6.28. The zero-order valence-electron chi connectivity index (χ0n) is 21.1. The van der Waals surface area contributed by atoms with Crippen LogP contribution in [0.5, 0.6) is 0 Å². The first-order valence-electron chi connectivity index (χ1n) is 13.4. The summed E-state index contributed by atoms with van der Waals surface area (Å²) < 4.78 is 6.28. The minimum Gasteiger partial charge on any atom is -0.456 e. The molecule has 1 aliphatic carbocycles. The Morgan fingerprint density at radius 2 is 0.923 bits per heavy atom. The molecule has 0 spiro atoms. The predicted octanol–water partition coefficient (Wildman–Crippen LogP) is 10.9. The van der Waals surface area contributed by atoms with Gasteiger partial charge in [-0.15, -0.1) is 0 Å². The van der Waals surface area contributed by atoms with Crippen LogP contribution in [0.25, 0.3) is 88.0 Å². The van der Waals surface area contributed by atoms with Crippen molar-refractivity contribution in [2.45, 2.75) is 0 Å². The van der Waals surface area contributed by atoms with Crippen LogP contribution >= 0.6 is 0 Å². The second-order valence-corrected chi connectivity index (χ2v) is 10.5. The van der Waals surface area contributed by atoms with Gasteiger partial charge in [-0.3, -0.25) is 0 Å². The fraction of sp³-hybridized carbons (Fsp3) is 0. The van der Waals surface area contributed by atoms with Crippen molar-refractivity contribution in [2.75, 3.05) is 0 Å². The van der Waals surface area contributed by atoms with E-state index in [9.17, 15) is 0 Å². The molecule has 0 radical (unpaired) electrons. The standard InChI is InChI=1S/C38H22O/c1-2-7-24-20-25(13-12-23(24)6-1)26-14-18-36-34(21-26)35-22-27(15-19-37(35)39-36)28-16-17-33-30-9-4-3-8-29(30)32-11-5-10-31(28)38(32)33/h1-22H. The lowest BCUT2D eigenvalue weighted by Crippen LogP contribution is -1.83. The van der Waals surface area contributed by atoms with E-state index in [-0.39, 0.29) is 0 Å². The number of benzene rings is 7. The zero-order chi connectivity index (χ0) is 25.5. The van der Waals surface area contributed by atoms with Crippen LogP contribution in [-0.4, -0.2) is 0 Å². The van der Waals surface area contributed by atoms with Crippen molar-refractivity contribution in [2.24, 2.45) is 0 Å². The summed E-state index contributed by atoms with van der Waals surface area (Å²) in [6.45, 7) is 0. The molecule has 7 aromatic carbocycles. The highest BCUT2D eigenvalue weighted by Crippen LogP contribution is 2.49. The Morgan fingerprint density at radius 1 is 0.333 bits per heavy atom. The number of hydrogen-bond acceptors (Lipinski definition) is 1. The van der Waals surface area contributed by atoms with Crippen LogP contribution < -0.4 is 0 Å². The highest BCUT2D eigenvalue weighted by atomic mass is 16.3. The molecule has 0 aliphatic heterocycles. The molecule has 180 valence electrons. The molecule has 0 unspecified atom stereocenters. The SMILES string of the molecule is c1ccc2c(c1)-c1cccc3c(-c4ccc5oc6ccc(-c7ccc8ccccc8c7)cc6c5c4)ccc-2c13. The Morgan fingerprint density at radius 3 is 1.74 bits per heavy atom. The molecular weight excluding hydrogens is 472 g/mol. The van der Waals surface area contributed by atoms with Gasteiger partial charge in [0.05, 0.1) is 0 Å². The fourth-order valence-corrected chi connectivity index (χ4v) is 6.55. The average Bonchev–Trinajstić information content (AvgIpc) is 3.53. The largest absolute Gasteiger partial charge is 0.456 e. The molecule has 1 aliphatic rings. The van der Waals surface area contributed by atoms with Crippen LogP contribution in [-0.2, 0) is 0 Å². The molecule has 0 fully saturated rings. The van der Waals surface area contributed by atoms with Gasteiger partial charge in [-0.1, -0.05) is 103 Å². The van der Waals surface area contributed by atoms with E-state index in [0.29, 0.717) is 0 Å². The summed E-state index contributed by atoms with van der Waals surface area (Å²) in [5.41, 5.74) is 12.0. The summed E-state index contributed by atoms with van der Waals surface area (Å²) in [6.07, 6.45) is 0. The zero-order valence-corrected chi connectivity index (χ0v) is 21.1. The van der Waals surface area contributed by atoms with Crippen LogP contribution in [0.1, 0.15) is 0 Å². The minimum absolute atomic E-state index is 0.919. The van der Waals surface area contributed by atoms with Gasteiger partial charge in [0.15, 0.2) is 0 Å². The van der Waals surface area contributed by atoms with Crippen LogP contribution in [0.4, 0.5) is 0 Å². The molecule has 0 N–H and O–H groups in total. The highest BCUT2D eigenvalue weighted by Gasteiger charge is 2.22. The van der Waals surface area contributed by atoms with Crippen molar-refractivity contribution in [3.05, 3.63) is 133 Å². The van der Waals surface area contributed by atoms with Gasteiger partial charge in [-0.2, -0.15) is 0 Å². The molecule has 1 nitrogen and oxygen atoms in total. The molecule has 0 amide bonds. The highest BCUT2D eigenvalue weighted by molar-refractivity contribution is 6.19. The van der Waals surface area contributed by atoms with Gasteiger partial charge < -0.3 is 4.42 Å². The van der Waals surface area contributed by atoms with E-state index >= 15 is 0 Å². The van der Waals surface area contributed by atoms with Crippen molar-refractivity contribution in [3.8, 4) is 44.5 Å². The molecule has 39 heavy (non-hydrogen) atoms. The van der Waals surface area contributed by atoms with Crippen LogP contribution in [0, 0.1) is 0 Å². The monoisotopic (exact) mass is 494 g/mol. The summed E-state index contributed by atoms with van der Waals surface area (Å²) >= 11 is 0. The molecule has 8 aromatic rings. The summed E-state index contributed by atoms with van der Waals surface area (Å²) in [7, 11) is 0. The van der Waals surface area contributed by atoms with Crippen molar-refractivity contribution in [3.63, 3.8) is 0 Å². The summed E-state index contributed by atoms with van der Waals surface area (Å²) in [5, 5.41) is 7.46. The Labute approximate surface area is 225 Å². The fourth-order valence-electron chi connectivity index (χ4n) is 6.55. The maximum Gasteiger partial charge on any atom is 0.135 e. The first-order valence-corrected chi connectivity index (χ1v) is 13.4. The van der Waals surface area contributed by atoms with Crippen LogP contribution in [0.3, 0.4) is 0 Å². The van der Waals surface area contributed by atoms with Gasteiger partial charge in [0.1, 0.15) is 11.2 Å². The Bertz CT molecular complexity index is 2250. The van der Waals surface area contributed by atoms with E-state index in [1.165, 1.54) is 66.1 Å². The van der Waals surface area contributed by atoms with Crippen molar-refractivity contribution in [1.82, 2.24) is 0 Å². The van der Waals surface area contributed by atoms with E-state index < -0.39 is 0 Å². The molecule has 0 saturated heterocycles. The number of hydrogen-bond donors (Lipinski definition) is 0.